The van der Waals surface area contributed by atoms with Crippen LogP contribution in [0.15, 0.2) is 57.2 Å². The molecule has 4 aromatic heterocycles. The lowest BCUT2D eigenvalue weighted by Gasteiger charge is -2.27. The quantitative estimate of drug-likeness (QED) is 0.407. The molecular weight excluding hydrogens is 436 g/mol. The van der Waals surface area contributed by atoms with E-state index >= 15 is 0 Å². The standard InChI is InChI=1S/C21H21ClN6O2S/c22-15-6-7-18-23-16(11-19(29)27(18)12-15)14-31-21-25-24-20(26-8-2-1-3-9-26)28(21)13-17-5-4-10-30-17/h4-7,10-12H,1-3,8-9,13-14H2. The highest BCUT2D eigenvalue weighted by atomic mass is 35.5. The number of furan rings is 1. The van der Waals surface area contributed by atoms with Crippen molar-refractivity contribution in [2.24, 2.45) is 0 Å². The van der Waals surface area contributed by atoms with Crippen LogP contribution in [0.2, 0.25) is 5.02 Å². The van der Waals surface area contributed by atoms with E-state index in [0.29, 0.717) is 28.7 Å². The van der Waals surface area contributed by atoms with Gasteiger partial charge < -0.3 is 9.32 Å². The molecule has 31 heavy (non-hydrogen) atoms. The zero-order valence-corrected chi connectivity index (χ0v) is 18.3. The summed E-state index contributed by atoms with van der Waals surface area (Å²) in [4.78, 5) is 19.3. The minimum absolute atomic E-state index is 0.158. The number of hydrogen-bond acceptors (Lipinski definition) is 7. The molecule has 0 aliphatic carbocycles. The van der Waals surface area contributed by atoms with Crippen molar-refractivity contribution in [1.82, 2.24) is 24.1 Å². The molecule has 1 saturated heterocycles. The SMILES string of the molecule is O=c1cc(CSc2nnc(N3CCCCC3)n2Cc2ccco2)nc2ccc(Cl)cn12. The summed E-state index contributed by atoms with van der Waals surface area (Å²) in [7, 11) is 0. The van der Waals surface area contributed by atoms with Gasteiger partial charge in [0.1, 0.15) is 11.4 Å². The number of halogens is 1. The van der Waals surface area contributed by atoms with Crippen LogP contribution in [0.1, 0.15) is 30.7 Å². The molecule has 1 fully saturated rings. The molecular formula is C21H21ClN6O2S. The van der Waals surface area contributed by atoms with E-state index in [4.69, 9.17) is 16.0 Å². The van der Waals surface area contributed by atoms with Crippen LogP contribution in [0, 0.1) is 0 Å². The van der Waals surface area contributed by atoms with E-state index in [-0.39, 0.29) is 5.56 Å². The molecule has 0 N–H and O–H groups in total. The summed E-state index contributed by atoms with van der Waals surface area (Å²) in [5, 5.41) is 10.2. The van der Waals surface area contributed by atoms with Gasteiger partial charge in [0.15, 0.2) is 5.16 Å². The average Bonchev–Trinajstić information content (AvgIpc) is 3.44. The monoisotopic (exact) mass is 456 g/mol. The summed E-state index contributed by atoms with van der Waals surface area (Å²) >= 11 is 7.50. The maximum Gasteiger partial charge on any atom is 0.258 e. The predicted octanol–water partition coefficient (Wildman–Crippen LogP) is 3.86. The highest BCUT2D eigenvalue weighted by molar-refractivity contribution is 7.98. The molecule has 1 aliphatic heterocycles. The molecule has 10 heteroatoms. The van der Waals surface area contributed by atoms with Gasteiger partial charge in [-0.1, -0.05) is 23.4 Å². The molecule has 0 atom stereocenters. The van der Waals surface area contributed by atoms with Crippen LogP contribution in [0.25, 0.3) is 5.65 Å². The Hall–Kier alpha value is -2.78. The van der Waals surface area contributed by atoms with Gasteiger partial charge in [-0.3, -0.25) is 13.8 Å². The predicted molar refractivity (Wildman–Crippen MR) is 120 cm³/mol. The molecule has 0 spiro atoms. The zero-order valence-electron chi connectivity index (χ0n) is 16.8. The number of rotatable bonds is 6. The Bertz CT molecular complexity index is 1250. The first kappa shape index (κ1) is 20.1. The second kappa shape index (κ2) is 8.76. The Balaban J connectivity index is 1.42. The fraction of sp³-hybridized carbons (Fsp3) is 0.333. The fourth-order valence-electron chi connectivity index (χ4n) is 3.75. The summed E-state index contributed by atoms with van der Waals surface area (Å²) in [5.41, 5.74) is 1.09. The van der Waals surface area contributed by atoms with Crippen molar-refractivity contribution in [2.45, 2.75) is 36.7 Å². The largest absolute Gasteiger partial charge is 0.467 e. The van der Waals surface area contributed by atoms with Crippen LogP contribution in [0.3, 0.4) is 0 Å². The number of aromatic nitrogens is 5. The van der Waals surface area contributed by atoms with Crippen molar-refractivity contribution in [2.75, 3.05) is 18.0 Å². The topological polar surface area (TPSA) is 81.5 Å². The van der Waals surface area contributed by atoms with Gasteiger partial charge in [-0.15, -0.1) is 10.2 Å². The van der Waals surface area contributed by atoms with E-state index in [1.165, 1.54) is 28.6 Å². The summed E-state index contributed by atoms with van der Waals surface area (Å²) < 4.78 is 9.10. The van der Waals surface area contributed by atoms with Crippen LogP contribution in [-0.4, -0.2) is 37.2 Å². The molecule has 8 nitrogen and oxygen atoms in total. The van der Waals surface area contributed by atoms with Crippen molar-refractivity contribution in [3.05, 3.63) is 69.6 Å². The second-order valence-electron chi connectivity index (χ2n) is 7.45. The average molecular weight is 457 g/mol. The lowest BCUT2D eigenvalue weighted by atomic mass is 10.1. The van der Waals surface area contributed by atoms with Gasteiger partial charge in [0.2, 0.25) is 5.95 Å². The van der Waals surface area contributed by atoms with Crippen molar-refractivity contribution in [3.63, 3.8) is 0 Å². The normalized spacial score (nSPS) is 14.4. The molecule has 0 radical (unpaired) electrons. The molecule has 1 aliphatic rings. The van der Waals surface area contributed by atoms with Crippen molar-refractivity contribution >= 4 is 35.0 Å². The minimum Gasteiger partial charge on any atom is -0.467 e. The molecule has 0 bridgehead atoms. The molecule has 5 heterocycles. The van der Waals surface area contributed by atoms with Crippen molar-refractivity contribution in [1.29, 1.82) is 0 Å². The highest BCUT2D eigenvalue weighted by Crippen LogP contribution is 2.27. The summed E-state index contributed by atoms with van der Waals surface area (Å²) in [5.74, 6) is 2.21. The van der Waals surface area contributed by atoms with Crippen LogP contribution in [-0.2, 0) is 12.3 Å². The molecule has 160 valence electrons. The lowest BCUT2D eigenvalue weighted by Crippen LogP contribution is -2.32. The Morgan fingerprint density at radius 1 is 1.13 bits per heavy atom. The van der Waals surface area contributed by atoms with Crippen LogP contribution in [0.5, 0.6) is 0 Å². The number of nitrogens with zero attached hydrogens (tertiary/aromatic N) is 6. The molecule has 4 aromatic rings. The van der Waals surface area contributed by atoms with Gasteiger partial charge in [0.25, 0.3) is 5.56 Å². The summed E-state index contributed by atoms with van der Waals surface area (Å²) in [6.07, 6.45) is 6.81. The van der Waals surface area contributed by atoms with Gasteiger partial charge >= 0.3 is 0 Å². The smallest absolute Gasteiger partial charge is 0.258 e. The van der Waals surface area contributed by atoms with E-state index in [0.717, 1.165) is 42.8 Å². The van der Waals surface area contributed by atoms with Gasteiger partial charge in [0, 0.05) is 31.1 Å². The number of piperidine rings is 1. The Morgan fingerprint density at radius 2 is 2.00 bits per heavy atom. The first-order valence-corrected chi connectivity index (χ1v) is 11.5. The van der Waals surface area contributed by atoms with Crippen LogP contribution in [0.4, 0.5) is 5.95 Å². The maximum atomic E-state index is 12.5. The summed E-state index contributed by atoms with van der Waals surface area (Å²) in [6.45, 7) is 2.51. The molecule has 5 rings (SSSR count). The number of pyridine rings is 1. The van der Waals surface area contributed by atoms with E-state index in [9.17, 15) is 4.79 Å². The Labute approximate surface area is 187 Å². The molecule has 0 aromatic carbocycles. The minimum atomic E-state index is -0.158. The van der Waals surface area contributed by atoms with E-state index < -0.39 is 0 Å². The van der Waals surface area contributed by atoms with E-state index in [1.807, 2.05) is 12.1 Å². The lowest BCUT2D eigenvalue weighted by molar-refractivity contribution is 0.479. The number of hydrogen-bond donors (Lipinski definition) is 0. The summed E-state index contributed by atoms with van der Waals surface area (Å²) in [6, 6.07) is 8.84. The van der Waals surface area contributed by atoms with Crippen LogP contribution < -0.4 is 10.5 Å². The maximum absolute atomic E-state index is 12.5. The third-order valence-electron chi connectivity index (χ3n) is 5.26. The van der Waals surface area contributed by atoms with Gasteiger partial charge in [-0.05, 0) is 43.5 Å². The third kappa shape index (κ3) is 4.33. The number of thioether (sulfide) groups is 1. The number of anilines is 1. The molecule has 0 amide bonds. The van der Waals surface area contributed by atoms with Gasteiger partial charge in [0.05, 0.1) is 23.5 Å². The second-order valence-corrected chi connectivity index (χ2v) is 8.82. The Kier molecular flexibility index (Phi) is 5.69. The van der Waals surface area contributed by atoms with Gasteiger partial charge in [-0.2, -0.15) is 0 Å². The first-order chi connectivity index (χ1) is 15.2. The van der Waals surface area contributed by atoms with Gasteiger partial charge in [-0.25, -0.2) is 4.98 Å². The highest BCUT2D eigenvalue weighted by Gasteiger charge is 2.21. The zero-order chi connectivity index (χ0) is 21.2. The van der Waals surface area contributed by atoms with Crippen LogP contribution >= 0.6 is 23.4 Å². The van der Waals surface area contributed by atoms with E-state index in [1.54, 1.807) is 24.6 Å². The fourth-order valence-corrected chi connectivity index (χ4v) is 4.74. The third-order valence-corrected chi connectivity index (χ3v) is 6.48. The van der Waals surface area contributed by atoms with Crippen molar-refractivity contribution in [3.8, 4) is 0 Å². The molecule has 0 saturated carbocycles. The van der Waals surface area contributed by atoms with E-state index in [2.05, 4.69) is 24.6 Å². The number of fused-ring (bicyclic) bond motifs is 1. The van der Waals surface area contributed by atoms with Crippen molar-refractivity contribution < 1.29 is 4.42 Å². The first-order valence-electron chi connectivity index (χ1n) is 10.2. The Morgan fingerprint density at radius 3 is 2.81 bits per heavy atom. The molecule has 0 unspecified atom stereocenters.